The van der Waals surface area contributed by atoms with E-state index < -0.39 is 0 Å². The third-order valence-corrected chi connectivity index (χ3v) is 4.03. The van der Waals surface area contributed by atoms with Crippen molar-refractivity contribution in [3.05, 3.63) is 0 Å². The van der Waals surface area contributed by atoms with Crippen molar-refractivity contribution in [3.63, 3.8) is 0 Å². The predicted octanol–water partition coefficient (Wildman–Crippen LogP) is 2.35. The van der Waals surface area contributed by atoms with Crippen molar-refractivity contribution in [2.75, 3.05) is 13.6 Å². The van der Waals surface area contributed by atoms with E-state index in [0.29, 0.717) is 6.10 Å². The van der Waals surface area contributed by atoms with E-state index in [9.17, 15) is 0 Å². The Morgan fingerprint density at radius 3 is 2.35 bits per heavy atom. The van der Waals surface area contributed by atoms with Crippen LogP contribution in [0.15, 0.2) is 0 Å². The first-order valence-electron chi connectivity index (χ1n) is 6.82. The molecule has 1 atom stereocenters. The van der Waals surface area contributed by atoms with Gasteiger partial charge in [0.1, 0.15) is 0 Å². The quantitative estimate of drug-likeness (QED) is 0.819. The molecule has 1 unspecified atom stereocenters. The summed E-state index contributed by atoms with van der Waals surface area (Å²) in [7, 11) is 2.02. The maximum Gasteiger partial charge on any atom is 0.0895 e. The molecule has 0 aromatic rings. The standard InChI is InChI=1S/C14H27NO2/c1-13(2)8-12(14(3,4)17-13)16-11-6-10(7-11)9-15-5/h10-12,15H,6-9H2,1-5H3. The number of ether oxygens (including phenoxy) is 2. The molecule has 0 radical (unpaired) electrons. The topological polar surface area (TPSA) is 30.5 Å². The average molecular weight is 241 g/mol. The highest BCUT2D eigenvalue weighted by atomic mass is 16.6. The summed E-state index contributed by atoms with van der Waals surface area (Å²) in [4.78, 5) is 0. The largest absolute Gasteiger partial charge is 0.372 e. The molecule has 0 spiro atoms. The van der Waals surface area contributed by atoms with Crippen molar-refractivity contribution >= 4 is 0 Å². The van der Waals surface area contributed by atoms with Crippen LogP contribution in [0, 0.1) is 5.92 Å². The first kappa shape index (κ1) is 13.3. The molecule has 0 aromatic carbocycles. The minimum absolute atomic E-state index is 0.0394. The summed E-state index contributed by atoms with van der Waals surface area (Å²) >= 11 is 0. The molecule has 2 fully saturated rings. The SMILES string of the molecule is CNCC1CC(OC2CC(C)(C)OC2(C)C)C1. The van der Waals surface area contributed by atoms with Gasteiger partial charge in [0, 0.05) is 6.42 Å². The van der Waals surface area contributed by atoms with Gasteiger partial charge in [-0.1, -0.05) is 0 Å². The lowest BCUT2D eigenvalue weighted by atomic mass is 9.81. The maximum absolute atomic E-state index is 6.22. The lowest BCUT2D eigenvalue weighted by Gasteiger charge is -2.39. The fourth-order valence-corrected chi connectivity index (χ4v) is 3.20. The zero-order valence-electron chi connectivity index (χ0n) is 11.9. The molecule has 0 bridgehead atoms. The Morgan fingerprint density at radius 2 is 1.88 bits per heavy atom. The first-order valence-corrected chi connectivity index (χ1v) is 6.82. The van der Waals surface area contributed by atoms with Crippen LogP contribution in [-0.4, -0.2) is 37.0 Å². The predicted molar refractivity (Wildman–Crippen MR) is 69.2 cm³/mol. The Morgan fingerprint density at radius 1 is 1.24 bits per heavy atom. The van der Waals surface area contributed by atoms with Gasteiger partial charge in [0.15, 0.2) is 0 Å². The number of nitrogens with one attached hydrogen (secondary N) is 1. The minimum atomic E-state index is -0.141. The van der Waals surface area contributed by atoms with Gasteiger partial charge >= 0.3 is 0 Å². The van der Waals surface area contributed by atoms with Gasteiger partial charge < -0.3 is 14.8 Å². The second-order valence-electron chi connectivity index (χ2n) is 6.81. The zero-order valence-corrected chi connectivity index (χ0v) is 11.9. The fourth-order valence-electron chi connectivity index (χ4n) is 3.20. The van der Waals surface area contributed by atoms with Crippen LogP contribution in [0.2, 0.25) is 0 Å². The molecule has 0 amide bonds. The molecule has 3 nitrogen and oxygen atoms in total. The second-order valence-corrected chi connectivity index (χ2v) is 6.81. The molecule has 1 aliphatic heterocycles. The summed E-state index contributed by atoms with van der Waals surface area (Å²) in [5.74, 6) is 0.809. The lowest BCUT2D eigenvalue weighted by molar-refractivity contribution is -0.139. The Labute approximate surface area is 105 Å². The van der Waals surface area contributed by atoms with E-state index in [1.165, 1.54) is 12.8 Å². The highest BCUT2D eigenvalue weighted by Crippen LogP contribution is 2.42. The summed E-state index contributed by atoms with van der Waals surface area (Å²) in [5, 5.41) is 3.23. The van der Waals surface area contributed by atoms with Gasteiger partial charge in [-0.3, -0.25) is 0 Å². The molecule has 2 rings (SSSR count). The number of rotatable bonds is 4. The van der Waals surface area contributed by atoms with Crippen LogP contribution in [0.1, 0.15) is 47.0 Å². The van der Waals surface area contributed by atoms with Crippen molar-refractivity contribution in [2.24, 2.45) is 5.92 Å². The van der Waals surface area contributed by atoms with Crippen molar-refractivity contribution in [1.29, 1.82) is 0 Å². The van der Waals surface area contributed by atoms with E-state index in [-0.39, 0.29) is 17.3 Å². The van der Waals surface area contributed by atoms with Gasteiger partial charge in [-0.25, -0.2) is 0 Å². The highest BCUT2D eigenvalue weighted by Gasteiger charge is 2.48. The van der Waals surface area contributed by atoms with E-state index in [4.69, 9.17) is 9.47 Å². The second kappa shape index (κ2) is 4.52. The Balaban J connectivity index is 1.81. The third-order valence-electron chi connectivity index (χ3n) is 4.03. The molecule has 1 N–H and O–H groups in total. The van der Waals surface area contributed by atoms with E-state index in [0.717, 1.165) is 18.9 Å². The Kier molecular flexibility index (Phi) is 3.54. The van der Waals surface area contributed by atoms with Crippen LogP contribution in [0.4, 0.5) is 0 Å². The smallest absolute Gasteiger partial charge is 0.0895 e. The normalized spacial score (nSPS) is 39.0. The van der Waals surface area contributed by atoms with Crippen LogP contribution in [0.25, 0.3) is 0 Å². The Bertz CT molecular complexity index is 269. The van der Waals surface area contributed by atoms with Crippen LogP contribution in [0.5, 0.6) is 0 Å². The van der Waals surface area contributed by atoms with Crippen molar-refractivity contribution < 1.29 is 9.47 Å². The van der Waals surface area contributed by atoms with Crippen molar-refractivity contribution in [3.8, 4) is 0 Å². The molecule has 1 heterocycles. The van der Waals surface area contributed by atoms with Crippen molar-refractivity contribution in [1.82, 2.24) is 5.32 Å². The van der Waals surface area contributed by atoms with Crippen LogP contribution < -0.4 is 5.32 Å². The van der Waals surface area contributed by atoms with Crippen LogP contribution in [0.3, 0.4) is 0 Å². The zero-order chi connectivity index (χ0) is 12.7. The molecule has 17 heavy (non-hydrogen) atoms. The molecular formula is C14H27NO2. The van der Waals surface area contributed by atoms with Gasteiger partial charge in [0.25, 0.3) is 0 Å². The summed E-state index contributed by atoms with van der Waals surface area (Å²) in [6, 6.07) is 0. The molecule has 1 aliphatic carbocycles. The van der Waals surface area contributed by atoms with E-state index in [1.807, 2.05) is 7.05 Å². The summed E-state index contributed by atoms with van der Waals surface area (Å²) in [5.41, 5.74) is -0.181. The Hall–Kier alpha value is -0.120. The van der Waals surface area contributed by atoms with Gasteiger partial charge in [-0.2, -0.15) is 0 Å². The van der Waals surface area contributed by atoms with Crippen LogP contribution >= 0.6 is 0 Å². The number of hydrogen-bond donors (Lipinski definition) is 1. The van der Waals surface area contributed by atoms with Gasteiger partial charge in [-0.05, 0) is 60.0 Å². The first-order chi connectivity index (χ1) is 7.82. The fraction of sp³-hybridized carbons (Fsp3) is 1.00. The molecule has 1 saturated carbocycles. The number of hydrogen-bond acceptors (Lipinski definition) is 3. The van der Waals surface area contributed by atoms with Crippen LogP contribution in [-0.2, 0) is 9.47 Å². The van der Waals surface area contributed by atoms with Gasteiger partial charge in [-0.15, -0.1) is 0 Å². The van der Waals surface area contributed by atoms with E-state index in [2.05, 4.69) is 33.0 Å². The molecule has 2 aliphatic rings. The van der Waals surface area contributed by atoms with Gasteiger partial charge in [0.2, 0.25) is 0 Å². The van der Waals surface area contributed by atoms with Gasteiger partial charge in [0.05, 0.1) is 23.4 Å². The molecule has 0 aromatic heterocycles. The molecule has 1 saturated heterocycles. The lowest BCUT2D eigenvalue weighted by Crippen LogP contribution is -2.43. The molecular weight excluding hydrogens is 214 g/mol. The molecule has 100 valence electrons. The average Bonchev–Trinajstić information content (AvgIpc) is 2.30. The highest BCUT2D eigenvalue weighted by molar-refractivity contribution is 4.97. The van der Waals surface area contributed by atoms with Crippen molar-refractivity contribution in [2.45, 2.75) is 70.4 Å². The summed E-state index contributed by atoms with van der Waals surface area (Å²) < 4.78 is 12.3. The van der Waals surface area contributed by atoms with E-state index >= 15 is 0 Å². The summed E-state index contributed by atoms with van der Waals surface area (Å²) in [6.45, 7) is 9.73. The van der Waals surface area contributed by atoms with E-state index in [1.54, 1.807) is 0 Å². The molecule has 3 heteroatoms. The maximum atomic E-state index is 6.22. The minimum Gasteiger partial charge on any atom is -0.372 e. The third kappa shape index (κ3) is 3.01. The summed E-state index contributed by atoms with van der Waals surface area (Å²) in [6.07, 6.45) is 4.11. The monoisotopic (exact) mass is 241 g/mol.